The Bertz CT molecular complexity index is 477. The highest BCUT2D eigenvalue weighted by molar-refractivity contribution is 7.80. The zero-order valence-corrected chi connectivity index (χ0v) is 9.91. The van der Waals surface area contributed by atoms with Crippen molar-refractivity contribution in [1.82, 2.24) is 20.0 Å². The van der Waals surface area contributed by atoms with Crippen molar-refractivity contribution in [3.05, 3.63) is 23.7 Å². The molecule has 2 rings (SSSR count). The van der Waals surface area contributed by atoms with E-state index in [1.807, 2.05) is 26.2 Å². The summed E-state index contributed by atoms with van der Waals surface area (Å²) in [6.07, 6.45) is 3.52. The highest BCUT2D eigenvalue weighted by Crippen LogP contribution is 2.12. The van der Waals surface area contributed by atoms with Crippen LogP contribution < -0.4 is 5.32 Å². The van der Waals surface area contributed by atoms with E-state index >= 15 is 0 Å². The first-order valence-corrected chi connectivity index (χ1v) is 5.37. The minimum Gasteiger partial charge on any atom is -0.328 e. The van der Waals surface area contributed by atoms with Crippen LogP contribution in [-0.2, 0) is 11.8 Å². The lowest BCUT2D eigenvalue weighted by molar-refractivity contribution is -0.122. The average Bonchev–Trinajstić information content (AvgIpc) is 2.74. The van der Waals surface area contributed by atoms with Gasteiger partial charge in [-0.25, -0.2) is 0 Å². The van der Waals surface area contributed by atoms with Gasteiger partial charge in [-0.05, 0) is 31.3 Å². The number of thiocarbonyl (C=S) groups is 1. The summed E-state index contributed by atoms with van der Waals surface area (Å²) in [5.41, 5.74) is 1.21. The van der Waals surface area contributed by atoms with E-state index < -0.39 is 0 Å². The number of rotatable bonds is 2. The van der Waals surface area contributed by atoms with E-state index in [1.165, 1.54) is 4.90 Å². The maximum absolute atomic E-state index is 11.8. The molecular formula is C10H12N4OS. The number of nitrogens with one attached hydrogen (secondary N) is 1. The molecule has 0 spiro atoms. The fourth-order valence-electron chi connectivity index (χ4n) is 1.52. The van der Waals surface area contributed by atoms with E-state index in [-0.39, 0.29) is 5.91 Å². The van der Waals surface area contributed by atoms with E-state index in [1.54, 1.807) is 10.8 Å². The first kappa shape index (κ1) is 10.8. The molecule has 6 heteroatoms. The van der Waals surface area contributed by atoms with Crippen LogP contribution in [0.5, 0.6) is 0 Å². The Hall–Kier alpha value is -1.69. The lowest BCUT2D eigenvalue weighted by atomic mass is 10.3. The van der Waals surface area contributed by atoms with Crippen molar-refractivity contribution in [2.45, 2.75) is 6.92 Å². The van der Waals surface area contributed by atoms with Crippen LogP contribution in [0.25, 0.3) is 6.08 Å². The Balaban J connectivity index is 2.27. The molecule has 84 valence electrons. The average molecular weight is 236 g/mol. The van der Waals surface area contributed by atoms with Gasteiger partial charge in [0, 0.05) is 19.8 Å². The van der Waals surface area contributed by atoms with Gasteiger partial charge in [0.05, 0.1) is 5.69 Å². The van der Waals surface area contributed by atoms with Crippen molar-refractivity contribution in [1.29, 1.82) is 0 Å². The Labute approximate surface area is 98.7 Å². The molecule has 1 N–H and O–H groups in total. The summed E-state index contributed by atoms with van der Waals surface area (Å²) < 4.78 is 1.68. The van der Waals surface area contributed by atoms with Crippen LogP contribution >= 0.6 is 12.2 Å². The van der Waals surface area contributed by atoms with Crippen LogP contribution in [0.4, 0.5) is 0 Å². The number of carbonyl (C=O) groups is 1. The lowest BCUT2D eigenvalue weighted by Gasteiger charge is -2.08. The summed E-state index contributed by atoms with van der Waals surface area (Å²) in [5.74, 6) is -0.0989. The van der Waals surface area contributed by atoms with E-state index in [4.69, 9.17) is 12.2 Å². The van der Waals surface area contributed by atoms with Gasteiger partial charge in [-0.3, -0.25) is 14.4 Å². The minimum absolute atomic E-state index is 0.0989. The minimum atomic E-state index is -0.0989. The lowest BCUT2D eigenvalue weighted by Crippen LogP contribution is -2.30. The maximum Gasteiger partial charge on any atom is 0.276 e. The molecule has 1 fully saturated rings. The quantitative estimate of drug-likeness (QED) is 0.600. The molecule has 1 saturated heterocycles. The fraction of sp³-hybridized carbons (Fsp3) is 0.300. The summed E-state index contributed by atoms with van der Waals surface area (Å²) in [4.78, 5) is 13.3. The van der Waals surface area contributed by atoms with Crippen molar-refractivity contribution in [2.24, 2.45) is 7.05 Å². The Kier molecular flexibility index (Phi) is 2.74. The number of aryl methyl sites for hydroxylation is 1. The third-order valence-electron chi connectivity index (χ3n) is 2.31. The molecular weight excluding hydrogens is 224 g/mol. The van der Waals surface area contributed by atoms with Crippen LogP contribution in [-0.4, -0.2) is 32.2 Å². The van der Waals surface area contributed by atoms with Gasteiger partial charge in [0.25, 0.3) is 5.91 Å². The fourth-order valence-corrected chi connectivity index (χ4v) is 1.84. The van der Waals surface area contributed by atoms with Gasteiger partial charge in [-0.15, -0.1) is 0 Å². The molecule has 0 aliphatic carbocycles. The van der Waals surface area contributed by atoms with Crippen molar-refractivity contribution in [2.75, 3.05) is 6.54 Å². The molecule has 0 atom stereocenters. The Morgan fingerprint density at radius 3 is 2.88 bits per heavy atom. The van der Waals surface area contributed by atoms with Gasteiger partial charge in [-0.2, -0.15) is 5.10 Å². The monoisotopic (exact) mass is 236 g/mol. The number of nitrogens with zero attached hydrogens (tertiary/aromatic N) is 3. The Morgan fingerprint density at radius 2 is 2.38 bits per heavy atom. The maximum atomic E-state index is 11.8. The van der Waals surface area contributed by atoms with Crippen molar-refractivity contribution < 1.29 is 4.79 Å². The molecule has 1 aromatic rings. The molecule has 0 bridgehead atoms. The van der Waals surface area contributed by atoms with Crippen molar-refractivity contribution >= 4 is 29.3 Å². The molecule has 5 nitrogen and oxygen atoms in total. The van der Waals surface area contributed by atoms with Gasteiger partial charge in [-0.1, -0.05) is 0 Å². The molecule has 0 unspecified atom stereocenters. The first-order chi connectivity index (χ1) is 7.61. The molecule has 1 aliphatic heterocycles. The summed E-state index contributed by atoms with van der Waals surface area (Å²) >= 11 is 5.04. The van der Waals surface area contributed by atoms with Crippen LogP contribution in [0.1, 0.15) is 12.6 Å². The number of carbonyl (C=O) groups excluding carboxylic acids is 1. The second kappa shape index (κ2) is 4.05. The first-order valence-electron chi connectivity index (χ1n) is 4.96. The smallest absolute Gasteiger partial charge is 0.276 e. The number of hydrogen-bond donors (Lipinski definition) is 1. The number of aromatic nitrogens is 2. The van der Waals surface area contributed by atoms with Crippen LogP contribution in [0.2, 0.25) is 0 Å². The van der Waals surface area contributed by atoms with Gasteiger partial charge in [0.2, 0.25) is 0 Å². The zero-order valence-electron chi connectivity index (χ0n) is 9.10. The van der Waals surface area contributed by atoms with Gasteiger partial charge >= 0.3 is 0 Å². The summed E-state index contributed by atoms with van der Waals surface area (Å²) in [5, 5.41) is 7.51. The second-order valence-corrected chi connectivity index (χ2v) is 3.84. The highest BCUT2D eigenvalue weighted by atomic mass is 32.1. The third kappa shape index (κ3) is 1.83. The van der Waals surface area contributed by atoms with E-state index in [0.717, 1.165) is 5.69 Å². The number of likely N-dealkylation sites (N-methyl/N-ethyl adjacent to an activating group) is 1. The van der Waals surface area contributed by atoms with E-state index in [0.29, 0.717) is 17.4 Å². The van der Waals surface area contributed by atoms with Crippen LogP contribution in [0, 0.1) is 0 Å². The molecule has 2 heterocycles. The predicted octanol–water partition coefficient (Wildman–Crippen LogP) is 0.498. The molecule has 1 amide bonds. The SMILES string of the molecule is CCN1C(=O)/C(=C\c2ccn(C)n2)NC1=S. The zero-order chi connectivity index (χ0) is 11.7. The third-order valence-corrected chi connectivity index (χ3v) is 2.63. The van der Waals surface area contributed by atoms with E-state index in [9.17, 15) is 4.79 Å². The van der Waals surface area contributed by atoms with Crippen molar-refractivity contribution in [3.63, 3.8) is 0 Å². The van der Waals surface area contributed by atoms with Gasteiger partial charge in [0.15, 0.2) is 5.11 Å². The topological polar surface area (TPSA) is 50.2 Å². The van der Waals surface area contributed by atoms with Crippen LogP contribution in [0.15, 0.2) is 18.0 Å². The van der Waals surface area contributed by atoms with E-state index in [2.05, 4.69) is 10.4 Å². The molecule has 0 saturated carbocycles. The largest absolute Gasteiger partial charge is 0.328 e. The molecule has 1 aromatic heterocycles. The molecule has 1 aliphatic rings. The predicted molar refractivity (Wildman–Crippen MR) is 64.3 cm³/mol. The number of amides is 1. The van der Waals surface area contributed by atoms with Gasteiger partial charge in [0.1, 0.15) is 5.70 Å². The van der Waals surface area contributed by atoms with Gasteiger partial charge < -0.3 is 5.32 Å². The van der Waals surface area contributed by atoms with Crippen molar-refractivity contribution in [3.8, 4) is 0 Å². The number of hydrogen-bond acceptors (Lipinski definition) is 3. The Morgan fingerprint density at radius 1 is 1.62 bits per heavy atom. The molecule has 0 radical (unpaired) electrons. The summed E-state index contributed by atoms with van der Waals surface area (Å²) in [6, 6.07) is 1.83. The molecule has 0 aromatic carbocycles. The highest BCUT2D eigenvalue weighted by Gasteiger charge is 2.29. The summed E-state index contributed by atoms with van der Waals surface area (Å²) in [6.45, 7) is 2.46. The standard InChI is InChI=1S/C10H12N4OS/c1-3-14-9(15)8(11-10(14)16)6-7-4-5-13(2)12-7/h4-6H,3H2,1-2H3,(H,11,16)/b8-6+. The molecule has 16 heavy (non-hydrogen) atoms. The normalized spacial score (nSPS) is 18.4. The second-order valence-electron chi connectivity index (χ2n) is 3.45. The van der Waals surface area contributed by atoms with Crippen LogP contribution in [0.3, 0.4) is 0 Å². The summed E-state index contributed by atoms with van der Waals surface area (Å²) in [7, 11) is 1.83.